The van der Waals surface area contributed by atoms with Crippen molar-refractivity contribution in [2.45, 2.75) is 12.0 Å². The minimum atomic E-state index is -0.902. The van der Waals surface area contributed by atoms with Crippen LogP contribution in [0.3, 0.4) is 0 Å². The first-order valence-corrected chi connectivity index (χ1v) is 7.15. The highest BCUT2D eigenvalue weighted by Crippen LogP contribution is 2.41. The zero-order chi connectivity index (χ0) is 17.3. The molecule has 1 aliphatic rings. The third-order valence-corrected chi connectivity index (χ3v) is 3.94. The molecule has 7 heteroatoms. The van der Waals surface area contributed by atoms with Crippen LogP contribution >= 0.6 is 0 Å². The Kier molecular flexibility index (Phi) is 3.99. The number of ether oxygens (including phenoxy) is 2. The van der Waals surface area contributed by atoms with Crippen LogP contribution in [0, 0.1) is 10.1 Å². The molecule has 0 saturated heterocycles. The largest absolute Gasteiger partial charge is 0.468 e. The lowest BCUT2D eigenvalue weighted by Crippen LogP contribution is -2.31. The first kappa shape index (κ1) is 15.7. The molecule has 0 aliphatic carbocycles. The highest BCUT2D eigenvalue weighted by Gasteiger charge is 2.41. The molecule has 2 atom stereocenters. The van der Waals surface area contributed by atoms with Crippen molar-refractivity contribution in [1.82, 2.24) is 0 Å². The van der Waals surface area contributed by atoms with Crippen LogP contribution in [0.15, 0.2) is 48.5 Å². The molecule has 24 heavy (non-hydrogen) atoms. The molecule has 0 N–H and O–H groups in total. The van der Waals surface area contributed by atoms with Gasteiger partial charge in [0, 0.05) is 12.1 Å². The van der Waals surface area contributed by atoms with Crippen molar-refractivity contribution in [1.29, 1.82) is 0 Å². The number of hydrogen-bond donors (Lipinski definition) is 0. The van der Waals surface area contributed by atoms with E-state index in [1.54, 1.807) is 24.3 Å². The maximum atomic E-state index is 12.3. The number of fused-ring (bicyclic) bond motifs is 1. The van der Waals surface area contributed by atoms with Gasteiger partial charge in [-0.15, -0.1) is 0 Å². The van der Waals surface area contributed by atoms with Gasteiger partial charge in [0.1, 0.15) is 12.0 Å². The van der Waals surface area contributed by atoms with E-state index in [0.29, 0.717) is 16.7 Å². The molecule has 7 nitrogen and oxygen atoms in total. The zero-order valence-electron chi connectivity index (χ0n) is 12.7. The van der Waals surface area contributed by atoms with E-state index < -0.39 is 28.9 Å². The molecule has 0 fully saturated rings. The number of non-ortho nitro benzene ring substituents is 1. The number of benzene rings is 2. The van der Waals surface area contributed by atoms with Crippen LogP contribution in [0.1, 0.15) is 33.5 Å². The number of cyclic esters (lactones) is 1. The lowest BCUT2D eigenvalue weighted by atomic mass is 9.84. The second-order valence-electron chi connectivity index (χ2n) is 5.26. The maximum Gasteiger partial charge on any atom is 0.339 e. The number of hydrogen-bond acceptors (Lipinski definition) is 6. The molecule has 0 aromatic heterocycles. The van der Waals surface area contributed by atoms with Crippen molar-refractivity contribution in [2.24, 2.45) is 0 Å². The summed E-state index contributed by atoms with van der Waals surface area (Å²) in [5.74, 6) is -1.92. The number of nitro benzene ring substituents is 1. The van der Waals surface area contributed by atoms with E-state index in [2.05, 4.69) is 0 Å². The van der Waals surface area contributed by atoms with Crippen LogP contribution in [0.2, 0.25) is 0 Å². The van der Waals surface area contributed by atoms with E-state index in [-0.39, 0.29) is 5.69 Å². The summed E-state index contributed by atoms with van der Waals surface area (Å²) in [6, 6.07) is 12.2. The van der Waals surface area contributed by atoms with Crippen molar-refractivity contribution in [3.05, 3.63) is 75.3 Å². The Labute approximate surface area is 137 Å². The van der Waals surface area contributed by atoms with Crippen LogP contribution in [-0.4, -0.2) is 24.0 Å². The number of nitrogens with zero attached hydrogens (tertiary/aromatic N) is 1. The molecule has 3 rings (SSSR count). The summed E-state index contributed by atoms with van der Waals surface area (Å²) in [6.45, 7) is 0. The minimum absolute atomic E-state index is 0.0871. The Hall–Kier alpha value is -3.22. The van der Waals surface area contributed by atoms with Gasteiger partial charge >= 0.3 is 11.9 Å². The summed E-state index contributed by atoms with van der Waals surface area (Å²) in [5, 5.41) is 10.8. The van der Waals surface area contributed by atoms with Gasteiger partial charge in [0.05, 0.1) is 17.6 Å². The summed E-state index contributed by atoms with van der Waals surface area (Å²) in [4.78, 5) is 34.7. The molecule has 122 valence electrons. The molecule has 0 radical (unpaired) electrons. The van der Waals surface area contributed by atoms with E-state index in [1.165, 1.54) is 31.4 Å². The molecule has 1 heterocycles. The van der Waals surface area contributed by atoms with Gasteiger partial charge in [0.25, 0.3) is 5.69 Å². The number of nitro groups is 1. The highest BCUT2D eigenvalue weighted by molar-refractivity contribution is 5.96. The summed E-state index contributed by atoms with van der Waals surface area (Å²) in [6.07, 6.45) is -0.902. The average Bonchev–Trinajstić information content (AvgIpc) is 2.61. The standard InChI is InChI=1S/C17H13NO6/c1-23-17(20)14-12-4-2-3-5-13(12)16(19)24-15(14)10-6-8-11(9-7-10)18(21)22/h2-9,14-15H,1H3/t14-,15-/m0/s1. The fourth-order valence-electron chi connectivity index (χ4n) is 2.79. The van der Waals surface area contributed by atoms with Crippen molar-refractivity contribution in [2.75, 3.05) is 7.11 Å². The number of methoxy groups -OCH3 is 1. The number of esters is 2. The first-order chi connectivity index (χ1) is 11.5. The van der Waals surface area contributed by atoms with Crippen molar-refractivity contribution < 1.29 is 24.0 Å². The van der Waals surface area contributed by atoms with E-state index >= 15 is 0 Å². The van der Waals surface area contributed by atoms with Crippen molar-refractivity contribution >= 4 is 17.6 Å². The molecule has 2 aromatic carbocycles. The van der Waals surface area contributed by atoms with Gasteiger partial charge < -0.3 is 9.47 Å². The Bertz CT molecular complexity index is 814. The summed E-state index contributed by atoms with van der Waals surface area (Å²) < 4.78 is 10.3. The van der Waals surface area contributed by atoms with Gasteiger partial charge in [-0.25, -0.2) is 4.79 Å². The van der Waals surface area contributed by atoms with Gasteiger partial charge in [0.2, 0.25) is 0 Å². The second-order valence-corrected chi connectivity index (χ2v) is 5.26. The molecule has 0 spiro atoms. The van der Waals surface area contributed by atoms with Crippen LogP contribution in [0.25, 0.3) is 0 Å². The van der Waals surface area contributed by atoms with Gasteiger partial charge in [0.15, 0.2) is 0 Å². The average molecular weight is 327 g/mol. The lowest BCUT2D eigenvalue weighted by molar-refractivity contribution is -0.384. The third kappa shape index (κ3) is 2.60. The summed E-state index contributed by atoms with van der Waals surface area (Å²) >= 11 is 0. The normalized spacial score (nSPS) is 19.1. The van der Waals surface area contributed by atoms with Gasteiger partial charge in [-0.2, -0.15) is 0 Å². The fourth-order valence-corrected chi connectivity index (χ4v) is 2.79. The molecule has 0 unspecified atom stereocenters. The van der Waals surface area contributed by atoms with Crippen LogP contribution in [-0.2, 0) is 14.3 Å². The summed E-state index contributed by atoms with van der Waals surface area (Å²) in [5.41, 5.74) is 1.23. The number of carbonyl (C=O) groups excluding carboxylic acids is 2. The summed E-state index contributed by atoms with van der Waals surface area (Å²) in [7, 11) is 1.26. The van der Waals surface area contributed by atoms with Crippen LogP contribution in [0.5, 0.6) is 0 Å². The number of carbonyl (C=O) groups is 2. The number of rotatable bonds is 3. The molecule has 0 amide bonds. The van der Waals surface area contributed by atoms with E-state index in [1.807, 2.05) is 0 Å². The van der Waals surface area contributed by atoms with E-state index in [0.717, 1.165) is 0 Å². The monoisotopic (exact) mass is 327 g/mol. The molecule has 0 bridgehead atoms. The van der Waals surface area contributed by atoms with E-state index in [4.69, 9.17) is 9.47 Å². The van der Waals surface area contributed by atoms with Gasteiger partial charge in [-0.3, -0.25) is 14.9 Å². The van der Waals surface area contributed by atoms with Crippen LogP contribution < -0.4 is 0 Å². The second kappa shape index (κ2) is 6.11. The lowest BCUT2D eigenvalue weighted by Gasteiger charge is -2.31. The Balaban J connectivity index is 2.07. The molecule has 2 aromatic rings. The predicted molar refractivity (Wildman–Crippen MR) is 82.5 cm³/mol. The van der Waals surface area contributed by atoms with Crippen molar-refractivity contribution in [3.8, 4) is 0 Å². The SMILES string of the molecule is COC(=O)[C@H]1c2ccccc2C(=O)O[C@H]1c1ccc([N+](=O)[O-])cc1. The van der Waals surface area contributed by atoms with Crippen molar-refractivity contribution in [3.63, 3.8) is 0 Å². The molecular formula is C17H13NO6. The molecule has 0 saturated carbocycles. The first-order valence-electron chi connectivity index (χ1n) is 7.15. The van der Waals surface area contributed by atoms with E-state index in [9.17, 15) is 19.7 Å². The highest BCUT2D eigenvalue weighted by atomic mass is 16.6. The van der Waals surface area contributed by atoms with Gasteiger partial charge in [-0.05, 0) is 29.3 Å². The Morgan fingerprint density at radius 1 is 1.17 bits per heavy atom. The molecule has 1 aliphatic heterocycles. The fraction of sp³-hybridized carbons (Fsp3) is 0.176. The molecular weight excluding hydrogens is 314 g/mol. The van der Waals surface area contributed by atoms with Gasteiger partial charge in [-0.1, -0.05) is 18.2 Å². The quantitative estimate of drug-likeness (QED) is 0.488. The Morgan fingerprint density at radius 3 is 2.46 bits per heavy atom. The smallest absolute Gasteiger partial charge is 0.339 e. The predicted octanol–water partition coefficient (Wildman–Crippen LogP) is 2.76. The third-order valence-electron chi connectivity index (χ3n) is 3.94. The minimum Gasteiger partial charge on any atom is -0.468 e. The zero-order valence-corrected chi connectivity index (χ0v) is 12.7. The Morgan fingerprint density at radius 2 is 1.83 bits per heavy atom. The topological polar surface area (TPSA) is 95.7 Å². The van der Waals surface area contributed by atoms with Crippen LogP contribution in [0.4, 0.5) is 5.69 Å². The maximum absolute atomic E-state index is 12.3.